The fourth-order valence-electron chi connectivity index (χ4n) is 3.11. The molecule has 2 aromatic carbocycles. The van der Waals surface area contributed by atoms with Crippen LogP contribution in [0.1, 0.15) is 23.7 Å². The van der Waals surface area contributed by atoms with Gasteiger partial charge in [0.2, 0.25) is 5.91 Å². The van der Waals surface area contributed by atoms with Gasteiger partial charge in [-0.2, -0.15) is 0 Å². The first-order valence-electron chi connectivity index (χ1n) is 8.48. The lowest BCUT2D eigenvalue weighted by Crippen LogP contribution is -2.24. The highest BCUT2D eigenvalue weighted by atomic mass is 35.5. The largest absolute Gasteiger partial charge is 0.459 e. The van der Waals surface area contributed by atoms with E-state index in [4.69, 9.17) is 16.0 Å². The maximum atomic E-state index is 13.0. The molecule has 0 bridgehead atoms. The Kier molecular flexibility index (Phi) is 4.51. The summed E-state index contributed by atoms with van der Waals surface area (Å²) in [6, 6.07) is 17.5. The van der Waals surface area contributed by atoms with Crippen LogP contribution in [-0.2, 0) is 11.3 Å². The van der Waals surface area contributed by atoms with Gasteiger partial charge in [0.05, 0.1) is 6.54 Å². The molecule has 1 heterocycles. The molecule has 1 aliphatic carbocycles. The van der Waals surface area contributed by atoms with Crippen molar-refractivity contribution in [1.82, 2.24) is 5.32 Å². The van der Waals surface area contributed by atoms with Gasteiger partial charge in [0, 0.05) is 16.5 Å². The Morgan fingerprint density at radius 2 is 1.81 bits per heavy atom. The molecule has 0 saturated heterocycles. The Bertz CT molecular complexity index is 918. The molecule has 4 rings (SSSR count). The van der Waals surface area contributed by atoms with Crippen LogP contribution in [0.5, 0.6) is 0 Å². The zero-order valence-corrected chi connectivity index (χ0v) is 14.7. The molecule has 1 N–H and O–H groups in total. The van der Waals surface area contributed by atoms with E-state index >= 15 is 0 Å². The van der Waals surface area contributed by atoms with Gasteiger partial charge in [-0.25, -0.2) is 4.39 Å². The second-order valence-corrected chi connectivity index (χ2v) is 6.93. The first kappa shape index (κ1) is 16.9. The normalized spacial score (nSPS) is 18.5. The quantitative estimate of drug-likeness (QED) is 0.675. The molecule has 5 heteroatoms. The Morgan fingerprint density at radius 1 is 1.08 bits per heavy atom. The van der Waals surface area contributed by atoms with E-state index in [9.17, 15) is 9.18 Å². The summed E-state index contributed by atoms with van der Waals surface area (Å²) in [6.45, 7) is 0.346. The van der Waals surface area contributed by atoms with Crippen molar-refractivity contribution in [3.63, 3.8) is 0 Å². The maximum absolute atomic E-state index is 13.0. The number of nitrogens with one attached hydrogen (secondary N) is 1. The molecule has 1 aliphatic rings. The Labute approximate surface area is 155 Å². The average molecular weight is 370 g/mol. The number of hydrogen-bond donors (Lipinski definition) is 1. The van der Waals surface area contributed by atoms with E-state index in [1.54, 1.807) is 12.1 Å². The van der Waals surface area contributed by atoms with Crippen molar-refractivity contribution >= 4 is 17.5 Å². The summed E-state index contributed by atoms with van der Waals surface area (Å²) < 4.78 is 18.8. The highest BCUT2D eigenvalue weighted by molar-refractivity contribution is 6.30. The van der Waals surface area contributed by atoms with Gasteiger partial charge in [0.25, 0.3) is 0 Å². The highest BCUT2D eigenvalue weighted by Crippen LogP contribution is 2.47. The van der Waals surface area contributed by atoms with Crippen molar-refractivity contribution in [2.45, 2.75) is 18.9 Å². The van der Waals surface area contributed by atoms with Crippen LogP contribution in [0.3, 0.4) is 0 Å². The van der Waals surface area contributed by atoms with Gasteiger partial charge in [-0.15, -0.1) is 0 Å². The van der Waals surface area contributed by atoms with E-state index in [-0.39, 0.29) is 23.6 Å². The predicted molar refractivity (Wildman–Crippen MR) is 98.2 cm³/mol. The van der Waals surface area contributed by atoms with Crippen molar-refractivity contribution in [1.29, 1.82) is 0 Å². The smallest absolute Gasteiger partial charge is 0.224 e. The summed E-state index contributed by atoms with van der Waals surface area (Å²) in [5, 5.41) is 3.59. The number of amides is 1. The van der Waals surface area contributed by atoms with E-state index in [0.29, 0.717) is 17.3 Å². The Balaban J connectivity index is 1.33. The van der Waals surface area contributed by atoms with Crippen LogP contribution in [0.2, 0.25) is 5.02 Å². The van der Waals surface area contributed by atoms with E-state index in [1.165, 1.54) is 12.1 Å². The summed E-state index contributed by atoms with van der Waals surface area (Å²) in [5.41, 5.74) is 1.94. The van der Waals surface area contributed by atoms with Crippen molar-refractivity contribution < 1.29 is 13.6 Å². The lowest BCUT2D eigenvalue weighted by atomic mass is 10.1. The number of rotatable bonds is 5. The van der Waals surface area contributed by atoms with Gasteiger partial charge in [-0.05, 0) is 66.4 Å². The number of hydrogen-bond acceptors (Lipinski definition) is 2. The number of halogens is 2. The number of carbonyl (C=O) groups is 1. The van der Waals surface area contributed by atoms with Crippen LogP contribution < -0.4 is 5.32 Å². The Morgan fingerprint density at radius 3 is 2.54 bits per heavy atom. The highest BCUT2D eigenvalue weighted by Gasteiger charge is 2.43. The molecule has 0 spiro atoms. The molecule has 1 saturated carbocycles. The van der Waals surface area contributed by atoms with Crippen molar-refractivity contribution in [2.75, 3.05) is 0 Å². The summed E-state index contributed by atoms with van der Waals surface area (Å²) >= 11 is 5.89. The zero-order chi connectivity index (χ0) is 18.1. The first-order chi connectivity index (χ1) is 12.6. The molecule has 0 unspecified atom stereocenters. The molecular weight excluding hydrogens is 353 g/mol. The number of benzene rings is 2. The molecule has 3 nitrogen and oxygen atoms in total. The zero-order valence-electron chi connectivity index (χ0n) is 13.9. The van der Waals surface area contributed by atoms with Gasteiger partial charge in [-0.3, -0.25) is 4.79 Å². The molecule has 3 aromatic rings. The lowest BCUT2D eigenvalue weighted by molar-refractivity contribution is -0.122. The minimum atomic E-state index is -0.260. The van der Waals surface area contributed by atoms with Crippen LogP contribution in [0, 0.1) is 11.7 Å². The third-order valence-electron chi connectivity index (χ3n) is 4.65. The lowest BCUT2D eigenvalue weighted by Gasteiger charge is -2.04. The van der Waals surface area contributed by atoms with Gasteiger partial charge >= 0.3 is 0 Å². The number of furan rings is 1. The third kappa shape index (κ3) is 3.65. The minimum Gasteiger partial charge on any atom is -0.459 e. The van der Waals surface area contributed by atoms with Gasteiger partial charge in [-0.1, -0.05) is 23.7 Å². The fraction of sp³-hybridized carbons (Fsp3) is 0.190. The van der Waals surface area contributed by atoms with Crippen LogP contribution in [0.25, 0.3) is 11.3 Å². The molecule has 0 radical (unpaired) electrons. The third-order valence-corrected chi connectivity index (χ3v) is 4.90. The van der Waals surface area contributed by atoms with Crippen LogP contribution in [-0.4, -0.2) is 5.91 Å². The average Bonchev–Trinajstić information content (AvgIpc) is 3.31. The Hall–Kier alpha value is -2.59. The van der Waals surface area contributed by atoms with Crippen LogP contribution in [0.4, 0.5) is 4.39 Å². The van der Waals surface area contributed by atoms with Gasteiger partial charge in [0.15, 0.2) is 0 Å². The van der Waals surface area contributed by atoms with Crippen molar-refractivity contribution in [2.24, 2.45) is 5.92 Å². The monoisotopic (exact) mass is 369 g/mol. The van der Waals surface area contributed by atoms with Crippen LogP contribution >= 0.6 is 11.6 Å². The standard InChI is InChI=1S/C21H17ClFNO2/c22-15-5-1-14(2-6-15)20-10-9-17(26-20)12-24-21(25)19-11-18(19)13-3-7-16(23)8-4-13/h1-10,18-19H,11-12H2,(H,24,25)/t18-,19+/m0/s1. The van der Waals surface area contributed by atoms with E-state index in [1.807, 2.05) is 36.4 Å². The maximum Gasteiger partial charge on any atom is 0.224 e. The SMILES string of the molecule is O=C(NCc1ccc(-c2ccc(Cl)cc2)o1)[C@@H]1C[C@H]1c1ccc(F)cc1. The van der Waals surface area contributed by atoms with E-state index in [2.05, 4.69) is 5.32 Å². The van der Waals surface area contributed by atoms with E-state index in [0.717, 1.165) is 23.3 Å². The summed E-state index contributed by atoms with van der Waals surface area (Å²) in [7, 11) is 0. The second-order valence-electron chi connectivity index (χ2n) is 6.49. The fourth-order valence-corrected chi connectivity index (χ4v) is 3.24. The van der Waals surface area contributed by atoms with Crippen molar-refractivity contribution in [3.8, 4) is 11.3 Å². The summed E-state index contributed by atoms with van der Waals surface area (Å²) in [6.07, 6.45) is 0.797. The molecule has 1 aromatic heterocycles. The first-order valence-corrected chi connectivity index (χ1v) is 8.86. The minimum absolute atomic E-state index is 0.00349. The molecule has 1 fully saturated rings. The predicted octanol–water partition coefficient (Wildman–Crippen LogP) is 5.16. The number of carbonyl (C=O) groups excluding carboxylic acids is 1. The van der Waals surface area contributed by atoms with Crippen LogP contribution in [0.15, 0.2) is 65.1 Å². The van der Waals surface area contributed by atoms with Gasteiger partial charge < -0.3 is 9.73 Å². The summed E-state index contributed by atoms with van der Waals surface area (Å²) in [5.74, 6) is 1.31. The molecule has 26 heavy (non-hydrogen) atoms. The summed E-state index contributed by atoms with van der Waals surface area (Å²) in [4.78, 5) is 12.3. The topological polar surface area (TPSA) is 42.2 Å². The molecular formula is C21H17ClFNO2. The van der Waals surface area contributed by atoms with E-state index < -0.39 is 0 Å². The molecule has 2 atom stereocenters. The molecule has 0 aliphatic heterocycles. The molecule has 1 amide bonds. The van der Waals surface area contributed by atoms with Gasteiger partial charge in [0.1, 0.15) is 17.3 Å². The van der Waals surface area contributed by atoms with Crippen molar-refractivity contribution in [3.05, 3.63) is 82.8 Å². The second kappa shape index (κ2) is 6.96. The molecule has 132 valence electrons.